The Kier molecular flexibility index (Phi) is 6.58. The van der Waals surface area contributed by atoms with Gasteiger partial charge in [-0.3, -0.25) is 9.59 Å². The molecule has 6 heteroatoms. The van der Waals surface area contributed by atoms with Crippen LogP contribution in [0, 0.1) is 0 Å². The van der Waals surface area contributed by atoms with Crippen molar-refractivity contribution in [3.05, 3.63) is 52.2 Å². The Balaban J connectivity index is 1.90. The number of carbonyl (C=O) groups excluding carboxylic acids is 2. The van der Waals surface area contributed by atoms with Crippen LogP contribution in [0.2, 0.25) is 0 Å². The van der Waals surface area contributed by atoms with Crippen LogP contribution in [-0.2, 0) is 11.2 Å². The molecule has 2 amide bonds. The van der Waals surface area contributed by atoms with Gasteiger partial charge < -0.3 is 14.5 Å². The first-order valence-electron chi connectivity index (χ1n) is 8.10. The number of benzene rings is 1. The lowest BCUT2D eigenvalue weighted by Crippen LogP contribution is -2.43. The summed E-state index contributed by atoms with van der Waals surface area (Å²) in [6.07, 6.45) is 0.745. The molecule has 5 nitrogen and oxygen atoms in total. The van der Waals surface area contributed by atoms with Crippen molar-refractivity contribution in [3.8, 4) is 5.75 Å². The lowest BCUT2D eigenvalue weighted by atomic mass is 10.1. The molecule has 0 fully saturated rings. The number of methoxy groups -OCH3 is 1. The number of carbonyl (C=O) groups is 2. The van der Waals surface area contributed by atoms with Gasteiger partial charge in [0.2, 0.25) is 5.91 Å². The van der Waals surface area contributed by atoms with Gasteiger partial charge >= 0.3 is 0 Å². The molecule has 0 radical (unpaired) electrons. The van der Waals surface area contributed by atoms with Gasteiger partial charge in [0.15, 0.2) is 0 Å². The number of ether oxygens (including phenoxy) is 1. The Labute approximate surface area is 152 Å². The van der Waals surface area contributed by atoms with Crippen LogP contribution in [0.25, 0.3) is 0 Å². The maximum Gasteiger partial charge on any atom is 0.264 e. The maximum atomic E-state index is 12.5. The minimum atomic E-state index is -0.125. The third-order valence-electron chi connectivity index (χ3n) is 4.20. The molecule has 0 aliphatic heterocycles. The molecule has 0 bridgehead atoms. The smallest absolute Gasteiger partial charge is 0.264 e. The second-order valence-electron chi connectivity index (χ2n) is 6.04. The molecule has 25 heavy (non-hydrogen) atoms. The van der Waals surface area contributed by atoms with Crippen LogP contribution in [0.4, 0.5) is 0 Å². The number of likely N-dealkylation sites (N-methyl/N-ethyl adjacent to an activating group) is 2. The zero-order valence-electron chi connectivity index (χ0n) is 15.1. The summed E-state index contributed by atoms with van der Waals surface area (Å²) < 4.78 is 5.16. The topological polar surface area (TPSA) is 49.9 Å². The van der Waals surface area contributed by atoms with Crippen LogP contribution < -0.4 is 4.74 Å². The van der Waals surface area contributed by atoms with Crippen molar-refractivity contribution in [3.63, 3.8) is 0 Å². The summed E-state index contributed by atoms with van der Waals surface area (Å²) in [5.41, 5.74) is 1.14. The predicted molar refractivity (Wildman–Crippen MR) is 100 cm³/mol. The van der Waals surface area contributed by atoms with Crippen molar-refractivity contribution in [1.82, 2.24) is 9.80 Å². The van der Waals surface area contributed by atoms with E-state index in [9.17, 15) is 9.59 Å². The van der Waals surface area contributed by atoms with E-state index in [1.54, 1.807) is 32.2 Å². The number of nitrogens with zero attached hydrogens (tertiary/aromatic N) is 2. The van der Waals surface area contributed by atoms with Gasteiger partial charge in [-0.25, -0.2) is 0 Å². The van der Waals surface area contributed by atoms with E-state index in [1.807, 2.05) is 42.6 Å². The normalized spacial score (nSPS) is 11.7. The van der Waals surface area contributed by atoms with E-state index in [-0.39, 0.29) is 24.4 Å². The van der Waals surface area contributed by atoms with E-state index in [1.165, 1.54) is 16.2 Å². The monoisotopic (exact) mass is 360 g/mol. The van der Waals surface area contributed by atoms with E-state index in [0.29, 0.717) is 4.88 Å². The molecule has 1 atom stereocenters. The molecule has 0 aliphatic carbocycles. The van der Waals surface area contributed by atoms with Gasteiger partial charge in [0.25, 0.3) is 5.91 Å². The highest BCUT2D eigenvalue weighted by Crippen LogP contribution is 2.15. The second-order valence-corrected chi connectivity index (χ2v) is 6.99. The highest BCUT2D eigenvalue weighted by molar-refractivity contribution is 7.12. The van der Waals surface area contributed by atoms with Crippen molar-refractivity contribution >= 4 is 23.2 Å². The van der Waals surface area contributed by atoms with Crippen molar-refractivity contribution < 1.29 is 14.3 Å². The number of thiophene rings is 1. The average Bonchev–Trinajstić information content (AvgIpc) is 3.15. The van der Waals surface area contributed by atoms with Gasteiger partial charge in [0.05, 0.1) is 18.5 Å². The molecular weight excluding hydrogens is 336 g/mol. The first kappa shape index (κ1) is 19.0. The maximum absolute atomic E-state index is 12.5. The molecule has 0 saturated carbocycles. The quantitative estimate of drug-likeness (QED) is 0.763. The predicted octanol–water partition coefficient (Wildman–Crippen LogP) is 2.92. The largest absolute Gasteiger partial charge is 0.497 e. The van der Waals surface area contributed by atoms with Gasteiger partial charge in [0.1, 0.15) is 5.75 Å². The molecule has 2 rings (SSSR count). The van der Waals surface area contributed by atoms with E-state index in [2.05, 4.69) is 0 Å². The number of hydrogen-bond acceptors (Lipinski definition) is 4. The third kappa shape index (κ3) is 5.06. The zero-order valence-corrected chi connectivity index (χ0v) is 15.9. The fraction of sp³-hybridized carbons (Fsp3) is 0.368. The standard InChI is InChI=1S/C19H24N2O3S/c1-14(12-15-7-9-16(24-4)10-8-15)21(3)18(22)13-20(2)19(23)17-6-5-11-25-17/h5-11,14H,12-13H2,1-4H3/t14-/m1/s1. The number of rotatable bonds is 7. The van der Waals surface area contributed by atoms with Crippen molar-refractivity contribution in [2.24, 2.45) is 0 Å². The lowest BCUT2D eigenvalue weighted by molar-refractivity contribution is -0.132. The molecule has 0 unspecified atom stereocenters. The van der Waals surface area contributed by atoms with E-state index >= 15 is 0 Å². The molecule has 1 aromatic heterocycles. The third-order valence-corrected chi connectivity index (χ3v) is 5.05. The molecule has 0 aliphatic rings. The van der Waals surface area contributed by atoms with Crippen LogP contribution in [-0.4, -0.2) is 55.4 Å². The van der Waals surface area contributed by atoms with Crippen LogP contribution in [0.5, 0.6) is 5.75 Å². The summed E-state index contributed by atoms with van der Waals surface area (Å²) in [6, 6.07) is 11.5. The summed E-state index contributed by atoms with van der Waals surface area (Å²) in [7, 11) is 5.07. The van der Waals surface area contributed by atoms with Gasteiger partial charge in [-0.1, -0.05) is 18.2 Å². The molecule has 0 N–H and O–H groups in total. The van der Waals surface area contributed by atoms with Crippen molar-refractivity contribution in [2.45, 2.75) is 19.4 Å². The Morgan fingerprint density at radius 3 is 2.40 bits per heavy atom. The van der Waals surface area contributed by atoms with Crippen LogP contribution >= 0.6 is 11.3 Å². The second kappa shape index (κ2) is 8.67. The Bertz CT molecular complexity index is 698. The SMILES string of the molecule is COc1ccc(C[C@@H](C)N(C)C(=O)CN(C)C(=O)c2cccs2)cc1. The van der Waals surface area contributed by atoms with E-state index in [0.717, 1.165) is 17.7 Å². The Hall–Kier alpha value is -2.34. The fourth-order valence-corrected chi connectivity index (χ4v) is 3.18. The number of hydrogen-bond donors (Lipinski definition) is 0. The van der Waals surface area contributed by atoms with Crippen molar-refractivity contribution in [2.75, 3.05) is 27.7 Å². The highest BCUT2D eigenvalue weighted by atomic mass is 32.1. The molecule has 0 saturated heterocycles. The first-order chi connectivity index (χ1) is 11.9. The minimum Gasteiger partial charge on any atom is -0.497 e. The number of amides is 2. The molecular formula is C19H24N2O3S. The molecule has 134 valence electrons. The summed E-state index contributed by atoms with van der Waals surface area (Å²) in [6.45, 7) is 2.07. The fourth-order valence-electron chi connectivity index (χ4n) is 2.46. The minimum absolute atomic E-state index is 0.0335. The highest BCUT2D eigenvalue weighted by Gasteiger charge is 2.21. The Morgan fingerprint density at radius 1 is 1.16 bits per heavy atom. The average molecular weight is 360 g/mol. The van der Waals surface area contributed by atoms with Gasteiger partial charge in [-0.05, 0) is 42.5 Å². The van der Waals surface area contributed by atoms with Crippen LogP contribution in [0.3, 0.4) is 0 Å². The first-order valence-corrected chi connectivity index (χ1v) is 8.98. The molecule has 1 aromatic carbocycles. The molecule has 2 aromatic rings. The Morgan fingerprint density at radius 2 is 1.84 bits per heavy atom. The van der Waals surface area contributed by atoms with E-state index < -0.39 is 0 Å². The van der Waals surface area contributed by atoms with E-state index in [4.69, 9.17) is 4.74 Å². The summed E-state index contributed by atoms with van der Waals surface area (Å²) in [4.78, 5) is 28.5. The van der Waals surface area contributed by atoms with Gasteiger partial charge in [0, 0.05) is 20.1 Å². The van der Waals surface area contributed by atoms with Gasteiger partial charge in [-0.2, -0.15) is 0 Å². The lowest BCUT2D eigenvalue weighted by Gasteiger charge is -2.27. The van der Waals surface area contributed by atoms with Crippen LogP contribution in [0.15, 0.2) is 41.8 Å². The summed E-state index contributed by atoms with van der Waals surface area (Å²) in [5, 5.41) is 1.85. The zero-order chi connectivity index (χ0) is 18.4. The molecule has 1 heterocycles. The van der Waals surface area contributed by atoms with Gasteiger partial charge in [-0.15, -0.1) is 11.3 Å². The summed E-state index contributed by atoms with van der Waals surface area (Å²) in [5.74, 6) is 0.613. The summed E-state index contributed by atoms with van der Waals surface area (Å²) >= 11 is 1.38. The van der Waals surface area contributed by atoms with Crippen LogP contribution in [0.1, 0.15) is 22.2 Å². The molecule has 0 spiro atoms. The van der Waals surface area contributed by atoms with Crippen molar-refractivity contribution in [1.29, 1.82) is 0 Å².